The number of nitrogens with one attached hydrogen (secondary N) is 1. The number of rotatable bonds is 10. The molecule has 1 aromatic carbocycles. The average Bonchev–Trinajstić information content (AvgIpc) is 3.13. The van der Waals surface area contributed by atoms with Gasteiger partial charge in [-0.25, -0.2) is 4.98 Å². The third-order valence-electron chi connectivity index (χ3n) is 5.12. The van der Waals surface area contributed by atoms with E-state index >= 15 is 0 Å². The molecule has 1 fully saturated rings. The quantitative estimate of drug-likeness (QED) is 0.461. The Morgan fingerprint density at radius 3 is 2.68 bits per heavy atom. The van der Waals surface area contributed by atoms with Crippen LogP contribution in [0, 0.1) is 0 Å². The summed E-state index contributed by atoms with van der Waals surface area (Å²) in [6, 6.07) is 10.4. The Balaban J connectivity index is 1.59. The largest absolute Gasteiger partial charge is 0.461 e. The fourth-order valence-corrected chi connectivity index (χ4v) is 3.48. The Morgan fingerprint density at radius 1 is 1.10 bits per heavy atom. The number of fused-ring (bicyclic) bond motifs is 1. The molecule has 0 radical (unpaired) electrons. The van der Waals surface area contributed by atoms with Crippen LogP contribution in [-0.2, 0) is 16.0 Å². The lowest BCUT2D eigenvalue weighted by molar-refractivity contribution is 0.0398. The summed E-state index contributed by atoms with van der Waals surface area (Å²) in [6.07, 6.45) is 0. The zero-order valence-corrected chi connectivity index (χ0v) is 17.8. The van der Waals surface area contributed by atoms with Crippen molar-refractivity contribution in [1.29, 1.82) is 0 Å². The maximum Gasteiger partial charge on any atom is 0.320 e. The van der Waals surface area contributed by atoms with Gasteiger partial charge in [-0.05, 0) is 5.56 Å². The van der Waals surface area contributed by atoms with Crippen LogP contribution in [0.4, 0.5) is 11.8 Å². The van der Waals surface area contributed by atoms with E-state index < -0.39 is 0 Å². The Kier molecular flexibility index (Phi) is 7.13. The molecule has 10 heteroatoms. The van der Waals surface area contributed by atoms with E-state index in [1.54, 1.807) is 7.11 Å². The number of morpholine rings is 1. The molecule has 0 spiro atoms. The third-order valence-corrected chi connectivity index (χ3v) is 5.12. The molecule has 0 bridgehead atoms. The number of anilines is 2. The lowest BCUT2D eigenvalue weighted by Gasteiger charge is -2.26. The van der Waals surface area contributed by atoms with Crippen molar-refractivity contribution in [3.05, 3.63) is 35.9 Å². The number of methoxy groups -OCH3 is 1. The number of hydrogen-bond donors (Lipinski definition) is 2. The summed E-state index contributed by atoms with van der Waals surface area (Å²) < 4.78 is 18.1. The van der Waals surface area contributed by atoms with Gasteiger partial charge in [-0.2, -0.15) is 9.97 Å². The molecule has 1 aliphatic heterocycles. The van der Waals surface area contributed by atoms with Gasteiger partial charge in [-0.15, -0.1) is 0 Å². The second kappa shape index (κ2) is 10.4. The second-order valence-corrected chi connectivity index (χ2v) is 7.29. The summed E-state index contributed by atoms with van der Waals surface area (Å²) in [7, 11) is 1.62. The molecule has 0 aliphatic carbocycles. The van der Waals surface area contributed by atoms with E-state index in [4.69, 9.17) is 24.9 Å². The minimum absolute atomic E-state index is 0.219. The molecule has 1 saturated heterocycles. The molecular formula is C21H29N7O3. The van der Waals surface area contributed by atoms with E-state index in [0.717, 1.165) is 45.0 Å². The van der Waals surface area contributed by atoms with Gasteiger partial charge < -0.3 is 25.3 Å². The second-order valence-electron chi connectivity index (χ2n) is 7.29. The van der Waals surface area contributed by atoms with E-state index in [0.29, 0.717) is 42.7 Å². The number of benzene rings is 1. The number of nitrogens with two attached hydrogens (primary N) is 1. The number of nitrogen functional groups attached to an aromatic ring is 1. The van der Waals surface area contributed by atoms with Crippen LogP contribution in [0.25, 0.3) is 11.2 Å². The monoisotopic (exact) mass is 427 g/mol. The van der Waals surface area contributed by atoms with Gasteiger partial charge in [-0.3, -0.25) is 9.47 Å². The highest BCUT2D eigenvalue weighted by Gasteiger charge is 2.18. The summed E-state index contributed by atoms with van der Waals surface area (Å²) in [4.78, 5) is 15.9. The summed E-state index contributed by atoms with van der Waals surface area (Å²) in [5.41, 5.74) is 8.53. The van der Waals surface area contributed by atoms with Crippen LogP contribution >= 0.6 is 0 Å². The van der Waals surface area contributed by atoms with Crippen molar-refractivity contribution < 1.29 is 14.2 Å². The maximum absolute atomic E-state index is 6.19. The van der Waals surface area contributed by atoms with E-state index in [-0.39, 0.29) is 6.01 Å². The molecule has 3 N–H and O–H groups in total. The standard InChI is InChI=1S/C21H29N7O3/c1-29-13-14-31-21-25-18(22)17-19(26-21)28(15-16-5-3-2-4-6-16)20(24-17)23-7-8-27-9-11-30-12-10-27/h2-6H,7-15H2,1H3,(H,23,24)(H2,22,25,26). The van der Waals surface area contributed by atoms with Crippen LogP contribution < -0.4 is 15.8 Å². The first-order valence-corrected chi connectivity index (χ1v) is 10.5. The lowest BCUT2D eigenvalue weighted by Crippen LogP contribution is -2.39. The predicted octanol–water partition coefficient (Wildman–Crippen LogP) is 1.23. The molecule has 3 aromatic rings. The third kappa shape index (κ3) is 5.40. The van der Waals surface area contributed by atoms with Crippen LogP contribution in [0.3, 0.4) is 0 Å². The van der Waals surface area contributed by atoms with Gasteiger partial charge in [0.25, 0.3) is 0 Å². The van der Waals surface area contributed by atoms with Gasteiger partial charge in [0.05, 0.1) is 26.4 Å². The van der Waals surface area contributed by atoms with Crippen LogP contribution in [-0.4, -0.2) is 84.1 Å². The summed E-state index contributed by atoms with van der Waals surface area (Å²) >= 11 is 0. The molecule has 0 atom stereocenters. The molecule has 2 aromatic heterocycles. The van der Waals surface area contributed by atoms with Gasteiger partial charge >= 0.3 is 6.01 Å². The van der Waals surface area contributed by atoms with Gasteiger partial charge in [-0.1, -0.05) is 30.3 Å². The van der Waals surface area contributed by atoms with Crippen LogP contribution in [0.1, 0.15) is 5.56 Å². The first-order valence-electron chi connectivity index (χ1n) is 10.5. The topological polar surface area (TPSA) is 113 Å². The zero-order valence-electron chi connectivity index (χ0n) is 17.8. The smallest absolute Gasteiger partial charge is 0.320 e. The van der Waals surface area contributed by atoms with Gasteiger partial charge in [0.2, 0.25) is 5.95 Å². The van der Waals surface area contributed by atoms with Crippen molar-refractivity contribution in [2.45, 2.75) is 6.54 Å². The Morgan fingerprint density at radius 2 is 1.90 bits per heavy atom. The van der Waals surface area contributed by atoms with Crippen LogP contribution in [0.2, 0.25) is 0 Å². The molecule has 10 nitrogen and oxygen atoms in total. The summed E-state index contributed by atoms with van der Waals surface area (Å²) in [5.74, 6) is 1.00. The minimum atomic E-state index is 0.219. The average molecular weight is 428 g/mol. The molecule has 0 amide bonds. The van der Waals surface area contributed by atoms with Gasteiger partial charge in [0.1, 0.15) is 6.61 Å². The number of imidazole rings is 1. The normalized spacial score (nSPS) is 14.7. The minimum Gasteiger partial charge on any atom is -0.461 e. The number of ether oxygens (including phenoxy) is 3. The van der Waals surface area contributed by atoms with Crippen molar-refractivity contribution in [2.24, 2.45) is 0 Å². The van der Waals surface area contributed by atoms with E-state index in [1.165, 1.54) is 0 Å². The molecule has 1 aliphatic rings. The SMILES string of the molecule is COCCOc1nc(N)c2nc(NCCN3CCOCC3)n(Cc3ccccc3)c2n1. The number of hydrogen-bond acceptors (Lipinski definition) is 9. The van der Waals surface area contributed by atoms with Gasteiger partial charge in [0, 0.05) is 33.3 Å². The molecular weight excluding hydrogens is 398 g/mol. The molecule has 31 heavy (non-hydrogen) atoms. The van der Waals surface area contributed by atoms with Crippen molar-refractivity contribution in [1.82, 2.24) is 24.4 Å². The Labute approximate surface area is 181 Å². The van der Waals surface area contributed by atoms with Crippen molar-refractivity contribution in [2.75, 3.05) is 70.8 Å². The first kappa shape index (κ1) is 21.3. The van der Waals surface area contributed by atoms with Crippen molar-refractivity contribution in [3.8, 4) is 6.01 Å². The molecule has 0 unspecified atom stereocenters. The summed E-state index contributed by atoms with van der Waals surface area (Å²) in [5, 5.41) is 3.45. The van der Waals surface area contributed by atoms with E-state index in [2.05, 4.69) is 32.3 Å². The van der Waals surface area contributed by atoms with Crippen molar-refractivity contribution in [3.63, 3.8) is 0 Å². The number of nitrogens with zero attached hydrogens (tertiary/aromatic N) is 5. The molecule has 3 heterocycles. The number of aromatic nitrogens is 4. The summed E-state index contributed by atoms with van der Waals surface area (Å²) in [6.45, 7) is 6.51. The highest BCUT2D eigenvalue weighted by atomic mass is 16.5. The van der Waals surface area contributed by atoms with Crippen LogP contribution in [0.15, 0.2) is 30.3 Å². The van der Waals surface area contributed by atoms with Crippen LogP contribution in [0.5, 0.6) is 6.01 Å². The van der Waals surface area contributed by atoms with Crippen molar-refractivity contribution >= 4 is 22.9 Å². The molecule has 166 valence electrons. The zero-order chi connectivity index (χ0) is 21.5. The highest BCUT2D eigenvalue weighted by molar-refractivity contribution is 5.84. The van der Waals surface area contributed by atoms with E-state index in [9.17, 15) is 0 Å². The Hall–Kier alpha value is -2.95. The fourth-order valence-electron chi connectivity index (χ4n) is 3.48. The first-order chi connectivity index (χ1) is 15.2. The predicted molar refractivity (Wildman–Crippen MR) is 118 cm³/mol. The van der Waals surface area contributed by atoms with Gasteiger partial charge in [0.15, 0.2) is 17.0 Å². The fraction of sp³-hybridized carbons (Fsp3) is 0.476. The lowest BCUT2D eigenvalue weighted by atomic mass is 10.2. The highest BCUT2D eigenvalue weighted by Crippen LogP contribution is 2.25. The van der Waals surface area contributed by atoms with E-state index in [1.807, 2.05) is 22.8 Å². The Bertz CT molecular complexity index is 974. The molecule has 4 rings (SSSR count). The maximum atomic E-state index is 6.19. The molecule has 0 saturated carbocycles.